The zero-order chi connectivity index (χ0) is 14.4. The van der Waals surface area contributed by atoms with Gasteiger partial charge in [-0.3, -0.25) is 0 Å². The molecule has 19 heavy (non-hydrogen) atoms. The first-order valence-electron chi connectivity index (χ1n) is 6.80. The van der Waals surface area contributed by atoms with Crippen molar-refractivity contribution in [3.8, 4) is 0 Å². The molecule has 2 amide bonds. The third-order valence-corrected chi connectivity index (χ3v) is 3.56. The first-order valence-corrected chi connectivity index (χ1v) is 6.80. The van der Waals surface area contributed by atoms with Gasteiger partial charge in [-0.25, -0.2) is 9.59 Å². The molecular weight excluding hydrogens is 248 g/mol. The Labute approximate surface area is 114 Å². The topological polar surface area (TPSA) is 78.9 Å². The number of carbonyl (C=O) groups excluding carboxylic acids is 1. The van der Waals surface area contributed by atoms with E-state index in [2.05, 4.69) is 5.32 Å². The van der Waals surface area contributed by atoms with Crippen molar-refractivity contribution in [1.29, 1.82) is 0 Å². The van der Waals surface area contributed by atoms with Crippen LogP contribution in [0.1, 0.15) is 33.1 Å². The second-order valence-corrected chi connectivity index (χ2v) is 5.05. The van der Waals surface area contributed by atoms with Gasteiger partial charge in [-0.15, -0.1) is 0 Å². The fourth-order valence-electron chi connectivity index (χ4n) is 1.96. The first-order chi connectivity index (χ1) is 9.01. The van der Waals surface area contributed by atoms with Gasteiger partial charge in [-0.2, -0.15) is 0 Å². The molecule has 0 bridgehead atoms. The van der Waals surface area contributed by atoms with E-state index in [9.17, 15) is 9.59 Å². The number of nitrogens with one attached hydrogen (secondary N) is 1. The molecular formula is C13H24N2O4. The number of ether oxygens (including phenoxy) is 1. The van der Waals surface area contributed by atoms with E-state index < -0.39 is 12.0 Å². The molecule has 1 fully saturated rings. The minimum absolute atomic E-state index is 0.0591. The Morgan fingerprint density at radius 3 is 2.53 bits per heavy atom. The molecule has 0 aliphatic heterocycles. The number of hydrogen-bond donors (Lipinski definition) is 2. The molecule has 2 atom stereocenters. The van der Waals surface area contributed by atoms with Crippen LogP contribution in [-0.4, -0.2) is 54.4 Å². The van der Waals surface area contributed by atoms with E-state index in [0.29, 0.717) is 13.2 Å². The molecule has 110 valence electrons. The Bertz CT molecular complexity index is 318. The molecule has 0 aromatic carbocycles. The highest BCUT2D eigenvalue weighted by Gasteiger charge is 2.38. The summed E-state index contributed by atoms with van der Waals surface area (Å²) in [6.07, 6.45) is 2.57. The van der Waals surface area contributed by atoms with E-state index in [1.165, 1.54) is 0 Å². The maximum Gasteiger partial charge on any atom is 0.326 e. The Kier molecular flexibility index (Phi) is 6.08. The summed E-state index contributed by atoms with van der Waals surface area (Å²) in [5, 5.41) is 11.8. The van der Waals surface area contributed by atoms with Crippen LogP contribution in [0.3, 0.4) is 0 Å². The van der Waals surface area contributed by atoms with Crippen molar-refractivity contribution >= 4 is 12.0 Å². The number of methoxy groups -OCH3 is 1. The second kappa shape index (κ2) is 7.33. The third kappa shape index (κ3) is 4.70. The largest absolute Gasteiger partial charge is 0.480 e. The highest BCUT2D eigenvalue weighted by molar-refractivity contribution is 5.83. The molecule has 0 saturated heterocycles. The minimum atomic E-state index is -0.952. The monoisotopic (exact) mass is 272 g/mol. The number of aliphatic carboxylic acids is 1. The number of carboxylic acid groups (broad SMARTS) is 1. The van der Waals surface area contributed by atoms with Crippen LogP contribution in [0.5, 0.6) is 0 Å². The highest BCUT2D eigenvalue weighted by atomic mass is 16.5. The molecule has 2 unspecified atom stereocenters. The lowest BCUT2D eigenvalue weighted by atomic mass is 10.2. The van der Waals surface area contributed by atoms with Gasteiger partial charge in [0.2, 0.25) is 0 Å². The number of nitrogens with zero attached hydrogens (tertiary/aromatic N) is 1. The van der Waals surface area contributed by atoms with Gasteiger partial charge in [0, 0.05) is 19.7 Å². The molecule has 6 nitrogen and oxygen atoms in total. The lowest BCUT2D eigenvalue weighted by Crippen LogP contribution is -2.52. The van der Waals surface area contributed by atoms with Crippen molar-refractivity contribution in [2.24, 2.45) is 5.92 Å². The first kappa shape index (κ1) is 15.8. The lowest BCUT2D eigenvalue weighted by Gasteiger charge is -2.29. The molecule has 0 spiro atoms. The molecule has 1 saturated carbocycles. The van der Waals surface area contributed by atoms with Gasteiger partial charge in [-0.05, 0) is 32.1 Å². The predicted molar refractivity (Wildman–Crippen MR) is 71.0 cm³/mol. The standard InChI is InChI=1S/C13H24N2O4/c1-4-9(2)15(7-8-19-3)13(18)14-11(12(16)17)10-5-6-10/h9-11H,4-8H2,1-3H3,(H,14,18)(H,16,17). The summed E-state index contributed by atoms with van der Waals surface area (Å²) in [6, 6.07) is -1.02. The summed E-state index contributed by atoms with van der Waals surface area (Å²) in [5.74, 6) is -0.866. The molecule has 0 heterocycles. The zero-order valence-corrected chi connectivity index (χ0v) is 11.9. The van der Waals surface area contributed by atoms with Gasteiger partial charge in [-0.1, -0.05) is 6.92 Å². The SMILES string of the molecule is CCC(C)N(CCOC)C(=O)NC(C(=O)O)C1CC1. The van der Waals surface area contributed by atoms with Crippen LogP contribution in [0.2, 0.25) is 0 Å². The van der Waals surface area contributed by atoms with Crippen LogP contribution in [0.25, 0.3) is 0 Å². The average molecular weight is 272 g/mol. The van der Waals surface area contributed by atoms with Gasteiger partial charge < -0.3 is 20.1 Å². The Morgan fingerprint density at radius 2 is 2.11 bits per heavy atom. The van der Waals surface area contributed by atoms with E-state index in [-0.39, 0.29) is 18.0 Å². The predicted octanol–water partition coefficient (Wildman–Crippen LogP) is 1.31. The van der Waals surface area contributed by atoms with Crippen LogP contribution >= 0.6 is 0 Å². The fraction of sp³-hybridized carbons (Fsp3) is 0.846. The Morgan fingerprint density at radius 1 is 1.47 bits per heavy atom. The zero-order valence-electron chi connectivity index (χ0n) is 11.9. The molecule has 1 aliphatic carbocycles. The van der Waals surface area contributed by atoms with Crippen LogP contribution in [-0.2, 0) is 9.53 Å². The summed E-state index contributed by atoms with van der Waals surface area (Å²) in [6.45, 7) is 4.85. The van der Waals surface area contributed by atoms with Gasteiger partial charge in [0.1, 0.15) is 6.04 Å². The quantitative estimate of drug-likeness (QED) is 0.698. The van der Waals surface area contributed by atoms with Crippen molar-refractivity contribution in [2.45, 2.75) is 45.2 Å². The second-order valence-electron chi connectivity index (χ2n) is 5.05. The number of carboxylic acids is 1. The molecule has 6 heteroatoms. The number of rotatable bonds is 8. The molecule has 0 aromatic rings. The van der Waals surface area contributed by atoms with Crippen molar-refractivity contribution in [2.75, 3.05) is 20.3 Å². The number of urea groups is 1. The molecule has 0 radical (unpaired) electrons. The van der Waals surface area contributed by atoms with Crippen molar-refractivity contribution in [1.82, 2.24) is 10.2 Å². The smallest absolute Gasteiger partial charge is 0.326 e. The van der Waals surface area contributed by atoms with Crippen LogP contribution in [0.15, 0.2) is 0 Å². The van der Waals surface area contributed by atoms with E-state index in [4.69, 9.17) is 9.84 Å². The summed E-state index contributed by atoms with van der Waals surface area (Å²) >= 11 is 0. The Balaban J connectivity index is 2.61. The van der Waals surface area contributed by atoms with Crippen molar-refractivity contribution in [3.05, 3.63) is 0 Å². The maximum absolute atomic E-state index is 12.2. The third-order valence-electron chi connectivity index (χ3n) is 3.56. The number of carbonyl (C=O) groups is 2. The molecule has 1 rings (SSSR count). The van der Waals surface area contributed by atoms with Gasteiger partial charge in [0.15, 0.2) is 0 Å². The van der Waals surface area contributed by atoms with Crippen LogP contribution in [0, 0.1) is 5.92 Å². The van der Waals surface area contributed by atoms with E-state index in [0.717, 1.165) is 19.3 Å². The summed E-state index contributed by atoms with van der Waals surface area (Å²) in [4.78, 5) is 25.0. The van der Waals surface area contributed by atoms with E-state index >= 15 is 0 Å². The van der Waals surface area contributed by atoms with Crippen LogP contribution < -0.4 is 5.32 Å². The van der Waals surface area contributed by atoms with Gasteiger partial charge in [0.25, 0.3) is 0 Å². The number of hydrogen-bond acceptors (Lipinski definition) is 3. The number of amides is 2. The highest BCUT2D eigenvalue weighted by Crippen LogP contribution is 2.32. The lowest BCUT2D eigenvalue weighted by molar-refractivity contribution is -0.139. The van der Waals surface area contributed by atoms with Gasteiger partial charge in [0.05, 0.1) is 6.61 Å². The minimum Gasteiger partial charge on any atom is -0.480 e. The maximum atomic E-state index is 12.2. The molecule has 0 aromatic heterocycles. The van der Waals surface area contributed by atoms with Gasteiger partial charge >= 0.3 is 12.0 Å². The normalized spacial score (nSPS) is 17.6. The molecule has 1 aliphatic rings. The van der Waals surface area contributed by atoms with E-state index in [1.54, 1.807) is 12.0 Å². The van der Waals surface area contributed by atoms with Crippen molar-refractivity contribution in [3.63, 3.8) is 0 Å². The summed E-state index contributed by atoms with van der Waals surface area (Å²) < 4.78 is 4.99. The fourth-order valence-corrected chi connectivity index (χ4v) is 1.96. The Hall–Kier alpha value is -1.30. The van der Waals surface area contributed by atoms with Crippen LogP contribution in [0.4, 0.5) is 4.79 Å². The van der Waals surface area contributed by atoms with E-state index in [1.807, 2.05) is 13.8 Å². The average Bonchev–Trinajstić information content (AvgIpc) is 3.19. The summed E-state index contributed by atoms with van der Waals surface area (Å²) in [5.41, 5.74) is 0. The molecule has 2 N–H and O–H groups in total. The van der Waals surface area contributed by atoms with Crippen molar-refractivity contribution < 1.29 is 19.4 Å². The summed E-state index contributed by atoms with van der Waals surface area (Å²) in [7, 11) is 1.58.